The van der Waals surface area contributed by atoms with Crippen LogP contribution in [-0.2, 0) is 9.59 Å². The summed E-state index contributed by atoms with van der Waals surface area (Å²) in [5.41, 5.74) is 0. The highest BCUT2D eigenvalue weighted by Crippen LogP contribution is 2.42. The fraction of sp³-hybridized carbons (Fsp3) is 0.818. The molecule has 0 saturated heterocycles. The predicted molar refractivity (Wildman–Crippen MR) is 52.2 cm³/mol. The zero-order chi connectivity index (χ0) is 11.0. The van der Waals surface area contributed by atoms with Gasteiger partial charge in [-0.2, -0.15) is 0 Å². The Kier molecular flexibility index (Phi) is 2.78. The van der Waals surface area contributed by atoms with Crippen molar-refractivity contribution >= 4 is 11.8 Å². The molecule has 2 aliphatic carbocycles. The molecule has 0 spiro atoms. The van der Waals surface area contributed by atoms with Gasteiger partial charge in [0.25, 0.3) is 0 Å². The van der Waals surface area contributed by atoms with Crippen LogP contribution >= 0.6 is 0 Å². The number of carboxylic acid groups (broad SMARTS) is 1. The fourth-order valence-corrected chi connectivity index (χ4v) is 3.07. The van der Waals surface area contributed by atoms with Crippen molar-refractivity contribution in [3.8, 4) is 0 Å². The van der Waals surface area contributed by atoms with Gasteiger partial charge >= 0.3 is 5.97 Å². The standard InChI is InChI=1S/C11H16O4/c12-8-4-5-9(13)10-6(8)2-1-3-7(10)11(14)15/h6-8,10,12H,1-5H2,(H,14,15)/t6-,7+,8+,10-/m0/s1. The van der Waals surface area contributed by atoms with E-state index in [1.165, 1.54) is 0 Å². The number of carbonyl (C=O) groups excluding carboxylic acids is 1. The van der Waals surface area contributed by atoms with E-state index in [1.54, 1.807) is 0 Å². The maximum atomic E-state index is 11.7. The molecule has 0 aromatic heterocycles. The topological polar surface area (TPSA) is 74.6 Å². The molecule has 84 valence electrons. The van der Waals surface area contributed by atoms with Crippen LogP contribution in [0.3, 0.4) is 0 Å². The van der Waals surface area contributed by atoms with E-state index in [2.05, 4.69) is 0 Å². The highest BCUT2D eigenvalue weighted by Gasteiger charge is 2.46. The second-order valence-corrected chi connectivity index (χ2v) is 4.64. The molecule has 2 saturated carbocycles. The molecule has 4 nitrogen and oxygen atoms in total. The molecule has 4 heteroatoms. The van der Waals surface area contributed by atoms with E-state index in [0.29, 0.717) is 19.3 Å². The molecular formula is C11H16O4. The van der Waals surface area contributed by atoms with Gasteiger partial charge in [-0.3, -0.25) is 9.59 Å². The smallest absolute Gasteiger partial charge is 0.307 e. The van der Waals surface area contributed by atoms with E-state index in [1.807, 2.05) is 0 Å². The number of rotatable bonds is 1. The van der Waals surface area contributed by atoms with E-state index in [-0.39, 0.29) is 11.7 Å². The molecule has 0 aromatic rings. The largest absolute Gasteiger partial charge is 0.481 e. The first-order valence-corrected chi connectivity index (χ1v) is 5.55. The Morgan fingerprint density at radius 1 is 1.27 bits per heavy atom. The van der Waals surface area contributed by atoms with Gasteiger partial charge in [-0.05, 0) is 25.2 Å². The molecule has 0 bridgehead atoms. The zero-order valence-electron chi connectivity index (χ0n) is 8.56. The summed E-state index contributed by atoms with van der Waals surface area (Å²) in [5.74, 6) is -1.95. The SMILES string of the molecule is O=C1CC[C@@H](O)[C@@H]2CCC[C@@H](C(=O)O)[C@@H]12. The first kappa shape index (κ1) is 10.6. The average molecular weight is 212 g/mol. The summed E-state index contributed by atoms with van der Waals surface area (Å²) in [6.07, 6.45) is 2.55. The number of aliphatic hydroxyl groups is 1. The third-order valence-electron chi connectivity index (χ3n) is 3.82. The number of carboxylic acids is 1. The number of aliphatic hydroxyl groups excluding tert-OH is 1. The number of hydrogen-bond acceptors (Lipinski definition) is 3. The lowest BCUT2D eigenvalue weighted by Crippen LogP contribution is -2.46. The first-order valence-electron chi connectivity index (χ1n) is 5.55. The maximum absolute atomic E-state index is 11.7. The summed E-state index contributed by atoms with van der Waals surface area (Å²) in [6.45, 7) is 0. The van der Waals surface area contributed by atoms with Gasteiger partial charge < -0.3 is 10.2 Å². The minimum atomic E-state index is -0.882. The molecule has 0 heterocycles. The molecule has 2 aliphatic rings. The second-order valence-electron chi connectivity index (χ2n) is 4.64. The first-order chi connectivity index (χ1) is 7.11. The zero-order valence-corrected chi connectivity index (χ0v) is 8.56. The van der Waals surface area contributed by atoms with Crippen molar-refractivity contribution in [3.05, 3.63) is 0 Å². The van der Waals surface area contributed by atoms with Gasteiger partial charge in [0.05, 0.1) is 12.0 Å². The van der Waals surface area contributed by atoms with Crippen LogP contribution in [0.1, 0.15) is 32.1 Å². The lowest BCUT2D eigenvalue weighted by atomic mass is 9.64. The number of fused-ring (bicyclic) bond motifs is 1. The minimum Gasteiger partial charge on any atom is -0.481 e. The van der Waals surface area contributed by atoms with Crippen molar-refractivity contribution in [1.29, 1.82) is 0 Å². The fourth-order valence-electron chi connectivity index (χ4n) is 3.07. The normalized spacial score (nSPS) is 41.0. The molecule has 2 N–H and O–H groups in total. The van der Waals surface area contributed by atoms with E-state index in [9.17, 15) is 14.7 Å². The van der Waals surface area contributed by atoms with Crippen molar-refractivity contribution in [1.82, 2.24) is 0 Å². The highest BCUT2D eigenvalue weighted by atomic mass is 16.4. The monoisotopic (exact) mass is 212 g/mol. The van der Waals surface area contributed by atoms with Crippen LogP contribution in [0.4, 0.5) is 0 Å². The lowest BCUT2D eigenvalue weighted by molar-refractivity contribution is -0.155. The molecule has 15 heavy (non-hydrogen) atoms. The van der Waals surface area contributed by atoms with Crippen LogP contribution in [0.15, 0.2) is 0 Å². The van der Waals surface area contributed by atoms with Crippen LogP contribution in [0.25, 0.3) is 0 Å². The van der Waals surface area contributed by atoms with E-state index >= 15 is 0 Å². The number of carbonyl (C=O) groups is 2. The summed E-state index contributed by atoms with van der Waals surface area (Å²) >= 11 is 0. The molecule has 0 aliphatic heterocycles. The number of hydrogen-bond donors (Lipinski definition) is 2. The van der Waals surface area contributed by atoms with Gasteiger partial charge in [-0.25, -0.2) is 0 Å². The van der Waals surface area contributed by atoms with Gasteiger partial charge in [0.2, 0.25) is 0 Å². The molecule has 4 atom stereocenters. The Balaban J connectivity index is 2.23. The summed E-state index contributed by atoms with van der Waals surface area (Å²) in [4.78, 5) is 22.7. The summed E-state index contributed by atoms with van der Waals surface area (Å²) in [5, 5.41) is 18.8. The van der Waals surface area contributed by atoms with Gasteiger partial charge in [-0.1, -0.05) is 6.42 Å². The van der Waals surface area contributed by atoms with E-state index in [0.717, 1.165) is 12.8 Å². The Hall–Kier alpha value is -0.900. The number of ketones is 1. The van der Waals surface area contributed by atoms with Crippen LogP contribution in [0.5, 0.6) is 0 Å². The highest BCUT2D eigenvalue weighted by molar-refractivity contribution is 5.87. The molecule has 0 unspecified atom stereocenters. The van der Waals surface area contributed by atoms with Gasteiger partial charge in [0, 0.05) is 12.3 Å². The van der Waals surface area contributed by atoms with Crippen LogP contribution < -0.4 is 0 Å². The van der Waals surface area contributed by atoms with Crippen molar-refractivity contribution in [2.75, 3.05) is 0 Å². The Bertz CT molecular complexity index is 286. The van der Waals surface area contributed by atoms with Crippen molar-refractivity contribution in [2.24, 2.45) is 17.8 Å². The van der Waals surface area contributed by atoms with E-state index < -0.39 is 23.9 Å². The van der Waals surface area contributed by atoms with Gasteiger partial charge in [0.1, 0.15) is 5.78 Å². The summed E-state index contributed by atoms with van der Waals surface area (Å²) in [6, 6.07) is 0. The number of Topliss-reactive ketones (excluding diaryl/α,β-unsaturated/α-hetero) is 1. The Labute approximate surface area is 88.3 Å². The maximum Gasteiger partial charge on any atom is 0.307 e. The van der Waals surface area contributed by atoms with Crippen LogP contribution in [-0.4, -0.2) is 28.1 Å². The molecule has 2 fully saturated rings. The molecular weight excluding hydrogens is 196 g/mol. The second kappa shape index (κ2) is 3.93. The third kappa shape index (κ3) is 1.78. The third-order valence-corrected chi connectivity index (χ3v) is 3.82. The summed E-state index contributed by atoms with van der Waals surface area (Å²) in [7, 11) is 0. The van der Waals surface area contributed by atoms with Crippen LogP contribution in [0, 0.1) is 17.8 Å². The molecule has 0 amide bonds. The van der Waals surface area contributed by atoms with Crippen LogP contribution in [0.2, 0.25) is 0 Å². The Morgan fingerprint density at radius 2 is 2.00 bits per heavy atom. The number of aliphatic carboxylic acids is 1. The van der Waals surface area contributed by atoms with Crippen molar-refractivity contribution in [3.63, 3.8) is 0 Å². The Morgan fingerprint density at radius 3 is 2.67 bits per heavy atom. The summed E-state index contributed by atoms with van der Waals surface area (Å²) < 4.78 is 0. The van der Waals surface area contributed by atoms with E-state index in [4.69, 9.17) is 5.11 Å². The quantitative estimate of drug-likeness (QED) is 0.675. The molecule has 2 rings (SSSR count). The van der Waals surface area contributed by atoms with Crippen molar-refractivity contribution < 1.29 is 19.8 Å². The van der Waals surface area contributed by atoms with Gasteiger partial charge in [-0.15, -0.1) is 0 Å². The predicted octanol–water partition coefficient (Wildman–Crippen LogP) is 0.827. The van der Waals surface area contributed by atoms with Gasteiger partial charge in [0.15, 0.2) is 0 Å². The minimum absolute atomic E-state index is 0.0393. The molecule has 0 aromatic carbocycles. The average Bonchev–Trinajstić information content (AvgIpc) is 2.23. The van der Waals surface area contributed by atoms with Crippen molar-refractivity contribution in [2.45, 2.75) is 38.2 Å². The molecule has 0 radical (unpaired) electrons. The lowest BCUT2D eigenvalue weighted by Gasteiger charge is -2.40.